The van der Waals surface area contributed by atoms with Gasteiger partial charge in [-0.3, -0.25) is 9.36 Å². The molecule has 2 heterocycles. The van der Waals surface area contributed by atoms with Crippen LogP contribution in [0, 0.1) is 17.7 Å². The van der Waals surface area contributed by atoms with Crippen molar-refractivity contribution < 1.29 is 9.60 Å². The molecule has 0 saturated heterocycles. The van der Waals surface area contributed by atoms with Crippen molar-refractivity contribution in [1.29, 1.82) is 0 Å². The van der Waals surface area contributed by atoms with Gasteiger partial charge < -0.3 is 5.21 Å². The summed E-state index contributed by atoms with van der Waals surface area (Å²) in [5.41, 5.74) is 2.45. The molecule has 0 spiro atoms. The van der Waals surface area contributed by atoms with Crippen molar-refractivity contribution in [1.82, 2.24) is 9.55 Å². The van der Waals surface area contributed by atoms with Gasteiger partial charge in [0, 0.05) is 30.5 Å². The maximum Gasteiger partial charge on any atom is 0.261 e. The highest BCUT2D eigenvalue weighted by Crippen LogP contribution is 2.15. The number of aromatic nitrogens is 2. The molecule has 1 aliphatic heterocycles. The van der Waals surface area contributed by atoms with Crippen molar-refractivity contribution in [2.24, 2.45) is 5.16 Å². The van der Waals surface area contributed by atoms with Gasteiger partial charge in [0.25, 0.3) is 5.56 Å². The highest BCUT2D eigenvalue weighted by atomic mass is 19.1. The molecule has 134 valence electrons. The largest absolute Gasteiger partial charge is 0.411 e. The molecule has 6 heteroatoms. The predicted octanol–water partition coefficient (Wildman–Crippen LogP) is 3.10. The Kier molecular flexibility index (Phi) is 4.43. The fraction of sp³-hybridized carbons (Fsp3) is 0.190. The molecule has 0 unspecified atom stereocenters. The number of aryl methyl sites for hydroxylation is 1. The van der Waals surface area contributed by atoms with Gasteiger partial charge in [0.15, 0.2) is 0 Å². The quantitative estimate of drug-likeness (QED) is 0.380. The number of fused-ring (bicyclic) bond motifs is 2. The van der Waals surface area contributed by atoms with E-state index in [4.69, 9.17) is 5.21 Å². The Hall–Kier alpha value is -3.46. The molecule has 5 nitrogen and oxygen atoms in total. The molecule has 0 saturated carbocycles. The zero-order valence-electron chi connectivity index (χ0n) is 14.4. The average molecular weight is 361 g/mol. The van der Waals surface area contributed by atoms with E-state index >= 15 is 0 Å². The van der Waals surface area contributed by atoms with Crippen molar-refractivity contribution in [3.63, 3.8) is 0 Å². The average Bonchev–Trinajstić information content (AvgIpc) is 2.89. The van der Waals surface area contributed by atoms with Crippen LogP contribution < -0.4 is 5.56 Å². The zero-order chi connectivity index (χ0) is 18.8. The van der Waals surface area contributed by atoms with E-state index < -0.39 is 0 Å². The number of benzene rings is 2. The fourth-order valence-corrected chi connectivity index (χ4v) is 3.20. The number of rotatable bonds is 0. The van der Waals surface area contributed by atoms with E-state index in [1.807, 2.05) is 0 Å². The fourth-order valence-electron chi connectivity index (χ4n) is 3.20. The Bertz CT molecular complexity index is 1190. The second-order valence-corrected chi connectivity index (χ2v) is 6.39. The lowest BCUT2D eigenvalue weighted by Gasteiger charge is -2.09. The molecule has 1 aliphatic rings. The summed E-state index contributed by atoms with van der Waals surface area (Å²) in [4.78, 5) is 17.4. The van der Waals surface area contributed by atoms with Crippen LogP contribution in [0.15, 0.2) is 52.4 Å². The molecule has 0 fully saturated rings. The van der Waals surface area contributed by atoms with Gasteiger partial charge in [0.2, 0.25) is 0 Å². The number of hydrogen-bond donors (Lipinski definition) is 1. The minimum atomic E-state index is -0.330. The normalized spacial score (nSPS) is 15.1. The van der Waals surface area contributed by atoms with Gasteiger partial charge >= 0.3 is 0 Å². The van der Waals surface area contributed by atoms with Crippen molar-refractivity contribution in [2.45, 2.75) is 25.8 Å². The lowest BCUT2D eigenvalue weighted by Crippen LogP contribution is -2.24. The van der Waals surface area contributed by atoms with Gasteiger partial charge in [0.05, 0.1) is 16.6 Å². The van der Waals surface area contributed by atoms with Gasteiger partial charge in [-0.1, -0.05) is 23.1 Å². The molecule has 4 rings (SSSR count). The first kappa shape index (κ1) is 17.0. The molecule has 0 amide bonds. The van der Waals surface area contributed by atoms with Crippen LogP contribution >= 0.6 is 0 Å². The summed E-state index contributed by atoms with van der Waals surface area (Å²) in [6, 6.07) is 11.4. The SMILES string of the molecule is O=c1c2ccc(C#Cc3cccc(F)c3)cc2nc2n1CCC(=NO)CC2. The second kappa shape index (κ2) is 7.04. The van der Waals surface area contributed by atoms with E-state index in [-0.39, 0.29) is 11.4 Å². The van der Waals surface area contributed by atoms with Crippen LogP contribution in [0.1, 0.15) is 29.8 Å². The van der Waals surface area contributed by atoms with Crippen molar-refractivity contribution in [2.75, 3.05) is 0 Å². The summed E-state index contributed by atoms with van der Waals surface area (Å²) in [5.74, 6) is 6.26. The third-order valence-corrected chi connectivity index (χ3v) is 4.61. The molecule has 0 atom stereocenters. The maximum absolute atomic E-state index is 13.3. The van der Waals surface area contributed by atoms with Crippen LogP contribution in [0.5, 0.6) is 0 Å². The molecular formula is C21H16FN3O2. The Morgan fingerprint density at radius 1 is 1.07 bits per heavy atom. The Morgan fingerprint density at radius 2 is 1.89 bits per heavy atom. The van der Waals surface area contributed by atoms with Crippen LogP contribution in [0.4, 0.5) is 4.39 Å². The summed E-state index contributed by atoms with van der Waals surface area (Å²) >= 11 is 0. The van der Waals surface area contributed by atoms with Crippen LogP contribution in [-0.4, -0.2) is 20.5 Å². The van der Waals surface area contributed by atoms with E-state index in [0.29, 0.717) is 59.4 Å². The molecule has 0 bridgehead atoms. The van der Waals surface area contributed by atoms with E-state index in [1.165, 1.54) is 12.1 Å². The number of nitrogens with zero attached hydrogens (tertiary/aromatic N) is 3. The molecule has 2 aromatic carbocycles. The van der Waals surface area contributed by atoms with Crippen molar-refractivity contribution in [3.8, 4) is 11.8 Å². The number of oxime groups is 1. The highest BCUT2D eigenvalue weighted by Gasteiger charge is 2.16. The standard InChI is InChI=1S/C21H16FN3O2/c22-16-3-1-2-14(12-16)4-5-15-6-8-18-19(13-15)23-20-9-7-17(24-27)10-11-25(20)21(18)26/h1-3,6,8,12-13,27H,7,9-11H2. The lowest BCUT2D eigenvalue weighted by molar-refractivity contribution is 0.316. The van der Waals surface area contributed by atoms with Gasteiger partial charge in [-0.15, -0.1) is 0 Å². The second-order valence-electron chi connectivity index (χ2n) is 6.39. The molecule has 1 aromatic heterocycles. The van der Waals surface area contributed by atoms with E-state index in [2.05, 4.69) is 22.0 Å². The molecular weight excluding hydrogens is 345 g/mol. The smallest absolute Gasteiger partial charge is 0.261 e. The van der Waals surface area contributed by atoms with Gasteiger partial charge in [0.1, 0.15) is 11.6 Å². The molecule has 1 N–H and O–H groups in total. The molecule has 0 radical (unpaired) electrons. The van der Waals surface area contributed by atoms with E-state index in [9.17, 15) is 9.18 Å². The first-order chi connectivity index (χ1) is 13.1. The molecule has 0 aliphatic carbocycles. The third-order valence-electron chi connectivity index (χ3n) is 4.61. The molecule has 3 aromatic rings. The van der Waals surface area contributed by atoms with Gasteiger partial charge in [-0.25, -0.2) is 9.37 Å². The number of hydrogen-bond acceptors (Lipinski definition) is 4. The van der Waals surface area contributed by atoms with E-state index in [1.54, 1.807) is 34.9 Å². The summed E-state index contributed by atoms with van der Waals surface area (Å²) in [6.45, 7) is 0.456. The Balaban J connectivity index is 1.75. The highest BCUT2D eigenvalue weighted by molar-refractivity contribution is 5.84. The Labute approximate surface area is 154 Å². The number of halogens is 1. The molecule has 27 heavy (non-hydrogen) atoms. The first-order valence-electron chi connectivity index (χ1n) is 8.65. The zero-order valence-corrected chi connectivity index (χ0v) is 14.4. The van der Waals surface area contributed by atoms with Crippen molar-refractivity contribution in [3.05, 3.63) is 75.6 Å². The third kappa shape index (κ3) is 3.44. The van der Waals surface area contributed by atoms with Gasteiger partial charge in [-0.2, -0.15) is 0 Å². The van der Waals surface area contributed by atoms with Crippen LogP contribution in [0.2, 0.25) is 0 Å². The van der Waals surface area contributed by atoms with Crippen LogP contribution in [-0.2, 0) is 13.0 Å². The van der Waals surface area contributed by atoms with Gasteiger partial charge in [-0.05, 0) is 42.8 Å². The summed E-state index contributed by atoms with van der Waals surface area (Å²) in [5, 5.41) is 12.8. The monoisotopic (exact) mass is 361 g/mol. The van der Waals surface area contributed by atoms with Crippen molar-refractivity contribution >= 4 is 16.6 Å². The predicted molar refractivity (Wildman–Crippen MR) is 101 cm³/mol. The maximum atomic E-state index is 13.3. The minimum Gasteiger partial charge on any atom is -0.411 e. The minimum absolute atomic E-state index is 0.0983. The summed E-state index contributed by atoms with van der Waals surface area (Å²) in [6.07, 6.45) is 1.66. The van der Waals surface area contributed by atoms with Crippen LogP contribution in [0.25, 0.3) is 10.9 Å². The Morgan fingerprint density at radius 3 is 2.67 bits per heavy atom. The summed E-state index contributed by atoms with van der Waals surface area (Å²) in [7, 11) is 0. The summed E-state index contributed by atoms with van der Waals surface area (Å²) < 4.78 is 14.9. The lowest BCUT2D eigenvalue weighted by atomic mass is 10.1. The van der Waals surface area contributed by atoms with Crippen LogP contribution in [0.3, 0.4) is 0 Å². The topological polar surface area (TPSA) is 67.5 Å². The van der Waals surface area contributed by atoms with E-state index in [0.717, 1.165) is 0 Å². The first-order valence-corrected chi connectivity index (χ1v) is 8.65.